The number of carbonyl (C=O) groups excluding carboxylic acids is 1. The molecule has 0 unspecified atom stereocenters. The quantitative estimate of drug-likeness (QED) is 0.936. The predicted molar refractivity (Wildman–Crippen MR) is 83.3 cm³/mol. The van der Waals surface area contributed by atoms with Crippen molar-refractivity contribution in [3.8, 4) is 0 Å². The molecule has 1 heterocycles. The molecule has 1 aromatic carbocycles. The van der Waals surface area contributed by atoms with Crippen molar-refractivity contribution in [1.29, 1.82) is 0 Å². The Labute approximate surface area is 125 Å². The van der Waals surface area contributed by atoms with Gasteiger partial charge >= 0.3 is 0 Å². The highest BCUT2D eigenvalue weighted by Crippen LogP contribution is 2.48. The molecular formula is C17H21N3O. The molecule has 0 bridgehead atoms. The minimum atomic E-state index is 0.0937. The van der Waals surface area contributed by atoms with Crippen LogP contribution in [0.3, 0.4) is 0 Å². The molecule has 2 atom stereocenters. The summed E-state index contributed by atoms with van der Waals surface area (Å²) >= 11 is 0. The van der Waals surface area contributed by atoms with Gasteiger partial charge in [0.25, 0.3) is 0 Å². The van der Waals surface area contributed by atoms with Crippen molar-refractivity contribution in [2.24, 2.45) is 5.92 Å². The third-order valence-corrected chi connectivity index (χ3v) is 4.28. The van der Waals surface area contributed by atoms with Gasteiger partial charge in [0.2, 0.25) is 5.91 Å². The molecule has 0 spiro atoms. The van der Waals surface area contributed by atoms with E-state index < -0.39 is 0 Å². The third-order valence-electron chi connectivity index (χ3n) is 4.28. The van der Waals surface area contributed by atoms with E-state index in [2.05, 4.69) is 29.5 Å². The SMILES string of the molecule is CCn1nc(C)c(NC(=O)[C@H]2C[C@@H]2c2ccccc2)c1C. The zero-order chi connectivity index (χ0) is 15.0. The molecule has 3 rings (SSSR count). The molecule has 4 nitrogen and oxygen atoms in total. The van der Waals surface area contributed by atoms with Gasteiger partial charge in [-0.1, -0.05) is 30.3 Å². The van der Waals surface area contributed by atoms with Crippen molar-refractivity contribution in [3.05, 3.63) is 47.3 Å². The second-order valence-electron chi connectivity index (χ2n) is 5.71. The van der Waals surface area contributed by atoms with Crippen molar-refractivity contribution in [2.75, 3.05) is 5.32 Å². The largest absolute Gasteiger partial charge is 0.323 e. The molecule has 2 aromatic rings. The Balaban J connectivity index is 1.70. The Morgan fingerprint density at radius 3 is 2.67 bits per heavy atom. The third kappa shape index (κ3) is 2.58. The maximum Gasteiger partial charge on any atom is 0.228 e. The minimum Gasteiger partial charge on any atom is -0.323 e. The van der Waals surface area contributed by atoms with E-state index in [1.54, 1.807) is 0 Å². The number of hydrogen-bond acceptors (Lipinski definition) is 2. The average Bonchev–Trinajstić information content (AvgIpc) is 3.26. The number of carbonyl (C=O) groups is 1. The first-order chi connectivity index (χ1) is 10.1. The predicted octanol–water partition coefficient (Wildman–Crippen LogP) is 3.26. The number of aryl methyl sites for hydroxylation is 2. The highest BCUT2D eigenvalue weighted by molar-refractivity contribution is 5.96. The molecule has 4 heteroatoms. The van der Waals surface area contributed by atoms with Crippen LogP contribution in [0.4, 0.5) is 5.69 Å². The second-order valence-corrected chi connectivity index (χ2v) is 5.71. The summed E-state index contributed by atoms with van der Waals surface area (Å²) in [5.41, 5.74) is 4.05. The van der Waals surface area contributed by atoms with E-state index in [0.29, 0.717) is 5.92 Å². The minimum absolute atomic E-state index is 0.0937. The molecule has 1 N–H and O–H groups in total. The zero-order valence-corrected chi connectivity index (χ0v) is 12.8. The summed E-state index contributed by atoms with van der Waals surface area (Å²) in [5, 5.41) is 7.51. The standard InChI is InChI=1S/C17H21N3O/c1-4-20-12(3)16(11(2)19-20)18-17(21)15-10-14(15)13-8-6-5-7-9-13/h5-9,14-15H,4,10H2,1-3H3,(H,18,21)/t14-,15+/m1/s1. The lowest BCUT2D eigenvalue weighted by Crippen LogP contribution is -2.15. The van der Waals surface area contributed by atoms with E-state index in [1.165, 1.54) is 5.56 Å². The highest BCUT2D eigenvalue weighted by Gasteiger charge is 2.44. The Bertz CT molecular complexity index is 660. The number of anilines is 1. The lowest BCUT2D eigenvalue weighted by molar-refractivity contribution is -0.117. The van der Waals surface area contributed by atoms with Gasteiger partial charge in [0.15, 0.2) is 0 Å². The molecule has 0 radical (unpaired) electrons. The van der Waals surface area contributed by atoms with E-state index >= 15 is 0 Å². The van der Waals surface area contributed by atoms with Crippen LogP contribution in [0.2, 0.25) is 0 Å². The van der Waals surface area contributed by atoms with E-state index in [0.717, 1.165) is 30.0 Å². The maximum atomic E-state index is 12.4. The van der Waals surface area contributed by atoms with Crippen LogP contribution in [0.1, 0.15) is 36.2 Å². The maximum absolute atomic E-state index is 12.4. The average molecular weight is 283 g/mol. The molecular weight excluding hydrogens is 262 g/mol. The van der Waals surface area contributed by atoms with Crippen molar-refractivity contribution < 1.29 is 4.79 Å². The molecule has 1 saturated carbocycles. The Kier molecular flexibility index (Phi) is 3.53. The van der Waals surface area contributed by atoms with Crippen LogP contribution in [-0.2, 0) is 11.3 Å². The molecule has 1 aliphatic rings. The van der Waals surface area contributed by atoms with Gasteiger partial charge in [0, 0.05) is 12.5 Å². The molecule has 110 valence electrons. The molecule has 1 aliphatic carbocycles. The Morgan fingerprint density at radius 2 is 2.05 bits per heavy atom. The van der Waals surface area contributed by atoms with Gasteiger partial charge in [0.1, 0.15) is 0 Å². The van der Waals surface area contributed by atoms with Gasteiger partial charge in [-0.2, -0.15) is 5.10 Å². The van der Waals surface area contributed by atoms with Crippen molar-refractivity contribution in [1.82, 2.24) is 9.78 Å². The summed E-state index contributed by atoms with van der Waals surface area (Å²) < 4.78 is 1.92. The van der Waals surface area contributed by atoms with Crippen LogP contribution in [0, 0.1) is 19.8 Å². The smallest absolute Gasteiger partial charge is 0.228 e. The number of nitrogens with zero attached hydrogens (tertiary/aromatic N) is 2. The number of amides is 1. The van der Waals surface area contributed by atoms with Gasteiger partial charge in [-0.05, 0) is 38.7 Å². The summed E-state index contributed by atoms with van der Waals surface area (Å²) in [4.78, 5) is 12.4. The lowest BCUT2D eigenvalue weighted by Gasteiger charge is -2.06. The fourth-order valence-corrected chi connectivity index (χ4v) is 2.96. The second kappa shape index (κ2) is 5.35. The van der Waals surface area contributed by atoms with Gasteiger partial charge in [0.05, 0.1) is 17.1 Å². The lowest BCUT2D eigenvalue weighted by atomic mass is 10.1. The molecule has 1 amide bonds. The number of rotatable bonds is 4. The van der Waals surface area contributed by atoms with E-state index in [-0.39, 0.29) is 11.8 Å². The van der Waals surface area contributed by atoms with Crippen molar-refractivity contribution in [3.63, 3.8) is 0 Å². The van der Waals surface area contributed by atoms with Crippen molar-refractivity contribution in [2.45, 2.75) is 39.7 Å². The molecule has 0 saturated heterocycles. The normalized spacial score (nSPS) is 20.3. The summed E-state index contributed by atoms with van der Waals surface area (Å²) in [6.45, 7) is 6.81. The number of benzene rings is 1. The monoisotopic (exact) mass is 283 g/mol. The molecule has 21 heavy (non-hydrogen) atoms. The Hall–Kier alpha value is -2.10. The van der Waals surface area contributed by atoms with Gasteiger partial charge < -0.3 is 5.32 Å². The summed E-state index contributed by atoms with van der Waals surface area (Å²) in [5.74, 6) is 0.579. The summed E-state index contributed by atoms with van der Waals surface area (Å²) in [6.07, 6.45) is 0.940. The fourth-order valence-electron chi connectivity index (χ4n) is 2.96. The van der Waals surface area contributed by atoms with Crippen LogP contribution < -0.4 is 5.32 Å². The first-order valence-corrected chi connectivity index (χ1v) is 7.51. The van der Waals surface area contributed by atoms with Gasteiger partial charge in [-0.3, -0.25) is 9.48 Å². The van der Waals surface area contributed by atoms with E-state index in [4.69, 9.17) is 0 Å². The van der Waals surface area contributed by atoms with Crippen LogP contribution >= 0.6 is 0 Å². The Morgan fingerprint density at radius 1 is 1.33 bits per heavy atom. The summed E-state index contributed by atoms with van der Waals surface area (Å²) in [7, 11) is 0. The number of aromatic nitrogens is 2. The van der Waals surface area contributed by atoms with Crippen LogP contribution in [-0.4, -0.2) is 15.7 Å². The van der Waals surface area contributed by atoms with Crippen molar-refractivity contribution >= 4 is 11.6 Å². The molecule has 1 fully saturated rings. The van der Waals surface area contributed by atoms with E-state index in [9.17, 15) is 4.79 Å². The first kappa shape index (κ1) is 13.9. The summed E-state index contributed by atoms with van der Waals surface area (Å²) in [6, 6.07) is 10.3. The topological polar surface area (TPSA) is 46.9 Å². The number of nitrogens with one attached hydrogen (secondary N) is 1. The van der Waals surface area contributed by atoms with E-state index in [1.807, 2.05) is 36.7 Å². The molecule has 1 aromatic heterocycles. The van der Waals surface area contributed by atoms with Gasteiger partial charge in [-0.25, -0.2) is 0 Å². The van der Waals surface area contributed by atoms with Crippen LogP contribution in [0.5, 0.6) is 0 Å². The zero-order valence-electron chi connectivity index (χ0n) is 12.8. The van der Waals surface area contributed by atoms with Gasteiger partial charge in [-0.15, -0.1) is 0 Å². The fraction of sp³-hybridized carbons (Fsp3) is 0.412. The highest BCUT2D eigenvalue weighted by atomic mass is 16.2. The molecule has 0 aliphatic heterocycles. The van der Waals surface area contributed by atoms with Crippen LogP contribution in [0.15, 0.2) is 30.3 Å². The van der Waals surface area contributed by atoms with Crippen LogP contribution in [0.25, 0.3) is 0 Å². The first-order valence-electron chi connectivity index (χ1n) is 7.51. The number of hydrogen-bond donors (Lipinski definition) is 1.